The highest BCUT2D eigenvalue weighted by molar-refractivity contribution is 5.83. The van der Waals surface area contributed by atoms with Gasteiger partial charge in [0.05, 0.1) is 27.0 Å². The predicted octanol–water partition coefficient (Wildman–Crippen LogP) is 5.35. The molecule has 1 N–H and O–H groups in total. The van der Waals surface area contributed by atoms with Gasteiger partial charge in [0.15, 0.2) is 11.5 Å². The normalized spacial score (nSPS) is 26.0. The van der Waals surface area contributed by atoms with E-state index >= 15 is 0 Å². The highest BCUT2D eigenvalue weighted by Gasteiger charge is 2.50. The molecule has 194 valence electrons. The third-order valence-electron chi connectivity index (χ3n) is 8.59. The number of aryl methyl sites for hydroxylation is 1. The average molecular weight is 493 g/mol. The number of nitrogens with zero attached hydrogens (tertiary/aromatic N) is 1. The molecule has 2 bridgehead atoms. The molecule has 1 aliphatic heterocycles. The highest BCUT2D eigenvalue weighted by atomic mass is 16.5. The summed E-state index contributed by atoms with van der Waals surface area (Å²) in [4.78, 5) is 16.3. The molecule has 3 atom stereocenters. The van der Waals surface area contributed by atoms with Gasteiger partial charge in [-0.3, -0.25) is 4.79 Å². The van der Waals surface area contributed by atoms with Crippen molar-refractivity contribution in [1.82, 2.24) is 5.32 Å². The van der Waals surface area contributed by atoms with Crippen LogP contribution < -0.4 is 29.9 Å². The first-order valence-corrected chi connectivity index (χ1v) is 13.1. The molecular weight excluding hydrogens is 452 g/mol. The van der Waals surface area contributed by atoms with E-state index in [9.17, 15) is 4.79 Å². The van der Waals surface area contributed by atoms with Crippen molar-refractivity contribution in [3.05, 3.63) is 45.6 Å². The SMILES string of the molecule is CN[C@H]1CCc2cc(OC)c(OC)c(OC)c2-c2ccc(N3C[C@]4(C)C[C@H]3CC(C)(C)C4)c(=O)cc21. The van der Waals surface area contributed by atoms with Crippen LogP contribution in [0.3, 0.4) is 0 Å². The average Bonchev–Trinajstić information content (AvgIpc) is 2.93. The van der Waals surface area contributed by atoms with Crippen LogP contribution in [0.1, 0.15) is 63.6 Å². The lowest BCUT2D eigenvalue weighted by Crippen LogP contribution is -2.35. The number of nitrogens with one attached hydrogen (secondary N) is 1. The molecule has 36 heavy (non-hydrogen) atoms. The fourth-order valence-electron chi connectivity index (χ4n) is 7.58. The topological polar surface area (TPSA) is 60.0 Å². The van der Waals surface area contributed by atoms with Gasteiger partial charge in [-0.1, -0.05) is 26.8 Å². The Morgan fingerprint density at radius 2 is 1.75 bits per heavy atom. The lowest BCUT2D eigenvalue weighted by Gasteiger charge is -2.39. The van der Waals surface area contributed by atoms with Crippen LogP contribution in [-0.4, -0.2) is 41.0 Å². The maximum atomic E-state index is 13.9. The molecule has 2 aromatic rings. The van der Waals surface area contributed by atoms with E-state index in [0.717, 1.165) is 60.2 Å². The molecule has 6 heteroatoms. The number of rotatable bonds is 5. The summed E-state index contributed by atoms with van der Waals surface area (Å²) < 4.78 is 17.3. The summed E-state index contributed by atoms with van der Waals surface area (Å²) in [6.45, 7) is 8.07. The van der Waals surface area contributed by atoms with Crippen LogP contribution in [0.5, 0.6) is 17.2 Å². The maximum absolute atomic E-state index is 13.9. The Kier molecular flexibility index (Phi) is 6.22. The quantitative estimate of drug-likeness (QED) is 0.607. The summed E-state index contributed by atoms with van der Waals surface area (Å²) in [5.74, 6) is 1.88. The zero-order valence-electron chi connectivity index (χ0n) is 22.8. The Labute approximate surface area is 214 Å². The van der Waals surface area contributed by atoms with Gasteiger partial charge in [-0.05, 0) is 84.9 Å². The number of anilines is 1. The molecular formula is C30H40N2O4. The van der Waals surface area contributed by atoms with Gasteiger partial charge in [-0.2, -0.15) is 0 Å². The first-order valence-electron chi connectivity index (χ1n) is 13.1. The van der Waals surface area contributed by atoms with E-state index in [0.29, 0.717) is 28.7 Å². The van der Waals surface area contributed by atoms with Crippen LogP contribution in [-0.2, 0) is 6.42 Å². The van der Waals surface area contributed by atoms with Crippen molar-refractivity contribution in [3.63, 3.8) is 0 Å². The lowest BCUT2D eigenvalue weighted by molar-refractivity contribution is 0.136. The molecule has 0 spiro atoms. The van der Waals surface area contributed by atoms with Gasteiger partial charge in [0.1, 0.15) is 0 Å². The van der Waals surface area contributed by atoms with E-state index in [-0.39, 0.29) is 16.9 Å². The van der Waals surface area contributed by atoms with Crippen molar-refractivity contribution in [2.45, 2.75) is 65.0 Å². The second-order valence-electron chi connectivity index (χ2n) is 12.0. The first-order chi connectivity index (χ1) is 17.1. The number of hydrogen-bond donors (Lipinski definition) is 1. The lowest BCUT2D eigenvalue weighted by atomic mass is 9.65. The second-order valence-corrected chi connectivity index (χ2v) is 12.0. The Morgan fingerprint density at radius 3 is 2.42 bits per heavy atom. The van der Waals surface area contributed by atoms with Crippen LogP contribution in [0.25, 0.3) is 11.1 Å². The van der Waals surface area contributed by atoms with Crippen LogP contribution in [0.15, 0.2) is 29.1 Å². The first kappa shape index (κ1) is 24.9. The molecule has 2 aliphatic carbocycles. The molecule has 5 rings (SSSR count). The largest absolute Gasteiger partial charge is 0.493 e. The summed E-state index contributed by atoms with van der Waals surface area (Å²) >= 11 is 0. The second kappa shape index (κ2) is 8.98. The molecule has 2 fully saturated rings. The van der Waals surface area contributed by atoms with E-state index < -0.39 is 0 Å². The molecule has 1 saturated heterocycles. The number of benzene rings is 1. The monoisotopic (exact) mass is 492 g/mol. The van der Waals surface area contributed by atoms with E-state index in [4.69, 9.17) is 14.2 Å². The molecule has 1 saturated carbocycles. The minimum atomic E-state index is 0.0521. The van der Waals surface area contributed by atoms with Gasteiger partial charge in [-0.25, -0.2) is 0 Å². The van der Waals surface area contributed by atoms with Crippen molar-refractivity contribution < 1.29 is 14.2 Å². The molecule has 1 heterocycles. The van der Waals surface area contributed by atoms with E-state index in [1.54, 1.807) is 21.3 Å². The third kappa shape index (κ3) is 4.03. The molecule has 6 nitrogen and oxygen atoms in total. The van der Waals surface area contributed by atoms with Crippen molar-refractivity contribution in [3.8, 4) is 28.4 Å². The van der Waals surface area contributed by atoms with Gasteiger partial charge in [-0.15, -0.1) is 0 Å². The molecule has 0 radical (unpaired) electrons. The van der Waals surface area contributed by atoms with Gasteiger partial charge in [0, 0.05) is 24.2 Å². The highest BCUT2D eigenvalue weighted by Crippen LogP contribution is 2.54. The fraction of sp³-hybridized carbons (Fsp3) is 0.567. The van der Waals surface area contributed by atoms with Gasteiger partial charge in [0.25, 0.3) is 0 Å². The summed E-state index contributed by atoms with van der Waals surface area (Å²) in [6, 6.07) is 8.56. The predicted molar refractivity (Wildman–Crippen MR) is 145 cm³/mol. The van der Waals surface area contributed by atoms with Gasteiger partial charge >= 0.3 is 0 Å². The standard InChI is InChI=1S/C30H40N2O4/c1-29(2)14-19-15-30(3,16-29)17-32(19)23-11-9-20-21(13-24(23)33)22(31-4)10-8-18-12-25(34-5)27(35-6)28(36-7)26(18)20/h9,11-13,19,22,31H,8,10,14-17H2,1-7H3/t19-,22+,30-/m1/s1. The fourth-order valence-corrected chi connectivity index (χ4v) is 7.58. The smallest absolute Gasteiger partial charge is 0.203 e. The number of fused-ring (bicyclic) bond motifs is 5. The Balaban J connectivity index is 1.72. The van der Waals surface area contributed by atoms with Gasteiger partial charge in [0.2, 0.25) is 11.2 Å². The van der Waals surface area contributed by atoms with Crippen molar-refractivity contribution >= 4 is 5.69 Å². The third-order valence-corrected chi connectivity index (χ3v) is 8.59. The van der Waals surface area contributed by atoms with Crippen LogP contribution in [0, 0.1) is 10.8 Å². The maximum Gasteiger partial charge on any atom is 0.203 e. The Hall–Kier alpha value is -2.73. The summed E-state index contributed by atoms with van der Waals surface area (Å²) in [6.07, 6.45) is 5.17. The molecule has 0 unspecified atom stereocenters. The van der Waals surface area contributed by atoms with E-state index in [2.05, 4.69) is 49.2 Å². The zero-order valence-corrected chi connectivity index (χ0v) is 22.8. The van der Waals surface area contributed by atoms with Gasteiger partial charge < -0.3 is 24.4 Å². The molecule has 0 aromatic heterocycles. The van der Waals surface area contributed by atoms with Crippen molar-refractivity contribution in [2.75, 3.05) is 39.8 Å². The van der Waals surface area contributed by atoms with Crippen LogP contribution >= 0.6 is 0 Å². The number of ether oxygens (including phenoxy) is 3. The molecule has 3 aliphatic rings. The van der Waals surface area contributed by atoms with E-state index in [1.165, 1.54) is 6.42 Å². The molecule has 2 aromatic carbocycles. The number of methoxy groups -OCH3 is 3. The van der Waals surface area contributed by atoms with Crippen LogP contribution in [0.2, 0.25) is 0 Å². The van der Waals surface area contributed by atoms with Crippen LogP contribution in [0.4, 0.5) is 5.69 Å². The van der Waals surface area contributed by atoms with Crippen molar-refractivity contribution in [1.29, 1.82) is 0 Å². The summed E-state index contributed by atoms with van der Waals surface area (Å²) in [5, 5.41) is 3.46. The summed E-state index contributed by atoms with van der Waals surface area (Å²) in [5.41, 5.74) is 5.58. The number of hydrogen-bond acceptors (Lipinski definition) is 6. The zero-order chi connectivity index (χ0) is 25.8. The Morgan fingerprint density at radius 1 is 1.00 bits per heavy atom. The minimum absolute atomic E-state index is 0.0521. The Bertz CT molecular complexity index is 1240. The van der Waals surface area contributed by atoms with E-state index in [1.807, 2.05) is 13.1 Å². The van der Waals surface area contributed by atoms with Crippen molar-refractivity contribution in [2.24, 2.45) is 10.8 Å². The summed E-state index contributed by atoms with van der Waals surface area (Å²) in [7, 11) is 6.91. The minimum Gasteiger partial charge on any atom is -0.493 e. The molecule has 0 amide bonds.